The molecule has 0 aliphatic carbocycles. The molecule has 0 saturated heterocycles. The zero-order chi connectivity index (χ0) is 22.9. The minimum Gasteiger partial charge on any atom is -0.493 e. The molecule has 4 rings (SSSR count). The van der Waals surface area contributed by atoms with Crippen LogP contribution in [-0.2, 0) is 15.1 Å². The third-order valence-corrected chi connectivity index (χ3v) is 6.14. The molecule has 0 radical (unpaired) electrons. The zero-order valence-corrected chi connectivity index (χ0v) is 18.9. The lowest BCUT2D eigenvalue weighted by Crippen LogP contribution is -2.45. The van der Waals surface area contributed by atoms with Gasteiger partial charge in [-0.3, -0.25) is 9.69 Å². The second-order valence-electron chi connectivity index (χ2n) is 8.05. The fraction of sp³-hybridized carbons (Fsp3) is 0.417. The van der Waals surface area contributed by atoms with Gasteiger partial charge in [0.25, 0.3) is 5.91 Å². The first-order chi connectivity index (χ1) is 15.4. The number of nitrogens with two attached hydrogens (primary N) is 1. The monoisotopic (exact) mass is 439 g/mol. The summed E-state index contributed by atoms with van der Waals surface area (Å²) in [6.45, 7) is 0.636. The number of carbonyl (C=O) groups excluding carboxylic acids is 1. The quantitative estimate of drug-likeness (QED) is 0.667. The van der Waals surface area contributed by atoms with Gasteiger partial charge in [-0.15, -0.1) is 0 Å². The number of fused-ring (bicyclic) bond motifs is 2. The summed E-state index contributed by atoms with van der Waals surface area (Å²) in [6, 6.07) is 11.6. The van der Waals surface area contributed by atoms with Crippen LogP contribution in [0, 0.1) is 0 Å². The topological polar surface area (TPSA) is 95.6 Å². The lowest BCUT2D eigenvalue weighted by molar-refractivity contribution is -0.132. The average molecular weight is 440 g/mol. The highest BCUT2D eigenvalue weighted by Gasteiger charge is 2.53. The van der Waals surface area contributed by atoms with Crippen molar-refractivity contribution in [1.29, 1.82) is 0 Å². The van der Waals surface area contributed by atoms with E-state index in [4.69, 9.17) is 24.7 Å². The number of ether oxygens (including phenoxy) is 4. The van der Waals surface area contributed by atoms with Crippen molar-refractivity contribution in [3.63, 3.8) is 0 Å². The maximum atomic E-state index is 13.4. The van der Waals surface area contributed by atoms with Gasteiger partial charge < -0.3 is 24.7 Å². The Bertz CT molecular complexity index is 1050. The SMILES string of the molecule is COCCC[C@@H]1C[C@]2(N=C(N)N(C)C2=O)c2cc(-c3ccc(OC)c(OC)c3)ccc2O1. The molecule has 2 aliphatic heterocycles. The lowest BCUT2D eigenvalue weighted by atomic mass is 9.80. The molecule has 2 heterocycles. The van der Waals surface area contributed by atoms with E-state index in [0.29, 0.717) is 30.3 Å². The molecule has 170 valence electrons. The summed E-state index contributed by atoms with van der Waals surface area (Å²) < 4.78 is 22.3. The number of carbonyl (C=O) groups is 1. The summed E-state index contributed by atoms with van der Waals surface area (Å²) in [5.41, 5.74) is 7.57. The van der Waals surface area contributed by atoms with Gasteiger partial charge in [-0.05, 0) is 48.2 Å². The van der Waals surface area contributed by atoms with Crippen molar-refractivity contribution in [2.45, 2.75) is 30.9 Å². The second-order valence-corrected chi connectivity index (χ2v) is 8.05. The molecule has 2 aromatic carbocycles. The maximum Gasteiger partial charge on any atom is 0.261 e. The summed E-state index contributed by atoms with van der Waals surface area (Å²) in [6.07, 6.45) is 1.87. The van der Waals surface area contributed by atoms with E-state index in [2.05, 4.69) is 4.99 Å². The number of methoxy groups -OCH3 is 3. The van der Waals surface area contributed by atoms with Crippen LogP contribution in [0.4, 0.5) is 0 Å². The Kier molecular flexibility index (Phi) is 5.97. The first-order valence-corrected chi connectivity index (χ1v) is 10.6. The molecule has 2 aliphatic rings. The van der Waals surface area contributed by atoms with E-state index in [9.17, 15) is 4.79 Å². The minimum absolute atomic E-state index is 0.138. The zero-order valence-electron chi connectivity index (χ0n) is 18.9. The molecule has 0 fully saturated rings. The van der Waals surface area contributed by atoms with Crippen LogP contribution in [0.3, 0.4) is 0 Å². The Hall–Kier alpha value is -3.26. The van der Waals surface area contributed by atoms with Gasteiger partial charge in [0.2, 0.25) is 0 Å². The molecule has 0 unspecified atom stereocenters. The van der Waals surface area contributed by atoms with Crippen LogP contribution in [-0.4, -0.2) is 57.9 Å². The van der Waals surface area contributed by atoms with Crippen molar-refractivity contribution in [3.05, 3.63) is 42.0 Å². The van der Waals surface area contributed by atoms with Crippen molar-refractivity contribution in [2.75, 3.05) is 35.0 Å². The largest absolute Gasteiger partial charge is 0.493 e. The van der Waals surface area contributed by atoms with Gasteiger partial charge in [0.1, 0.15) is 11.9 Å². The van der Waals surface area contributed by atoms with Crippen LogP contribution in [0.15, 0.2) is 41.4 Å². The predicted octanol–water partition coefficient (Wildman–Crippen LogP) is 2.93. The van der Waals surface area contributed by atoms with Crippen molar-refractivity contribution in [3.8, 4) is 28.4 Å². The summed E-state index contributed by atoms with van der Waals surface area (Å²) in [5.74, 6) is 2.02. The number of aliphatic imine (C=N–C) groups is 1. The maximum absolute atomic E-state index is 13.4. The fourth-order valence-corrected chi connectivity index (χ4v) is 4.44. The van der Waals surface area contributed by atoms with Crippen LogP contribution in [0.2, 0.25) is 0 Å². The number of hydrogen-bond acceptors (Lipinski definition) is 7. The highest BCUT2D eigenvalue weighted by molar-refractivity contribution is 6.07. The van der Waals surface area contributed by atoms with Crippen LogP contribution in [0.5, 0.6) is 17.2 Å². The highest BCUT2D eigenvalue weighted by atomic mass is 16.5. The normalized spacial score (nSPS) is 21.9. The Labute approximate surface area is 187 Å². The number of rotatable bonds is 7. The molecular formula is C24H29N3O5. The van der Waals surface area contributed by atoms with Gasteiger partial charge in [-0.2, -0.15) is 0 Å². The molecule has 32 heavy (non-hydrogen) atoms. The lowest BCUT2D eigenvalue weighted by Gasteiger charge is -2.37. The van der Waals surface area contributed by atoms with E-state index in [-0.39, 0.29) is 18.0 Å². The Morgan fingerprint density at radius 2 is 1.84 bits per heavy atom. The van der Waals surface area contributed by atoms with Gasteiger partial charge >= 0.3 is 0 Å². The molecule has 2 N–H and O–H groups in total. The summed E-state index contributed by atoms with van der Waals surface area (Å²) >= 11 is 0. The van der Waals surface area contributed by atoms with Crippen molar-refractivity contribution in [1.82, 2.24) is 4.90 Å². The number of likely N-dealkylation sites (N-methyl/N-ethyl adjacent to an activating group) is 1. The van der Waals surface area contributed by atoms with E-state index < -0.39 is 5.54 Å². The van der Waals surface area contributed by atoms with Gasteiger partial charge in [0.05, 0.1) is 14.2 Å². The van der Waals surface area contributed by atoms with E-state index in [1.807, 2.05) is 36.4 Å². The number of benzene rings is 2. The standard InChI is InChI=1S/C24H29N3O5/c1-27-22(28)24(26-23(27)25)14-17(6-5-11-29-2)32-19-9-7-15(12-18(19)24)16-8-10-20(30-3)21(13-16)31-4/h7-10,12-13,17H,5-6,11,14H2,1-4H3,(H2,25,26)/t17-,24+/m1/s1. The van der Waals surface area contributed by atoms with Crippen LogP contribution < -0.4 is 19.9 Å². The van der Waals surface area contributed by atoms with Crippen molar-refractivity contribution >= 4 is 11.9 Å². The number of hydrogen-bond donors (Lipinski definition) is 1. The molecule has 0 saturated carbocycles. The average Bonchev–Trinajstić information content (AvgIpc) is 3.02. The fourth-order valence-electron chi connectivity index (χ4n) is 4.44. The molecule has 2 aromatic rings. The third-order valence-electron chi connectivity index (χ3n) is 6.14. The number of nitrogens with zero attached hydrogens (tertiary/aromatic N) is 2. The Morgan fingerprint density at radius 1 is 1.12 bits per heavy atom. The first-order valence-electron chi connectivity index (χ1n) is 10.6. The number of amides is 1. The van der Waals surface area contributed by atoms with Gasteiger partial charge in [-0.1, -0.05) is 12.1 Å². The smallest absolute Gasteiger partial charge is 0.261 e. The molecule has 1 spiro atoms. The molecular weight excluding hydrogens is 410 g/mol. The minimum atomic E-state index is -1.09. The molecule has 0 aromatic heterocycles. The Morgan fingerprint density at radius 3 is 2.50 bits per heavy atom. The van der Waals surface area contributed by atoms with E-state index in [0.717, 1.165) is 29.5 Å². The van der Waals surface area contributed by atoms with Gasteiger partial charge in [0.15, 0.2) is 23.0 Å². The predicted molar refractivity (Wildman–Crippen MR) is 121 cm³/mol. The van der Waals surface area contributed by atoms with Gasteiger partial charge in [-0.25, -0.2) is 4.99 Å². The van der Waals surface area contributed by atoms with Crippen LogP contribution >= 0.6 is 0 Å². The summed E-state index contributed by atoms with van der Waals surface area (Å²) in [7, 11) is 6.54. The first kappa shape index (κ1) is 22.0. The molecule has 8 heteroatoms. The Balaban J connectivity index is 1.78. The highest BCUT2D eigenvalue weighted by Crippen LogP contribution is 2.48. The molecule has 0 bridgehead atoms. The molecule has 2 atom stereocenters. The summed E-state index contributed by atoms with van der Waals surface area (Å²) in [4.78, 5) is 19.5. The molecule has 8 nitrogen and oxygen atoms in total. The van der Waals surface area contributed by atoms with Crippen molar-refractivity contribution < 1.29 is 23.7 Å². The second kappa shape index (κ2) is 8.70. The summed E-state index contributed by atoms with van der Waals surface area (Å²) in [5, 5.41) is 0. The van der Waals surface area contributed by atoms with E-state index in [1.54, 1.807) is 28.4 Å². The molecule has 1 amide bonds. The van der Waals surface area contributed by atoms with Gasteiger partial charge in [0, 0.05) is 32.7 Å². The third kappa shape index (κ3) is 3.64. The van der Waals surface area contributed by atoms with Crippen LogP contribution in [0.25, 0.3) is 11.1 Å². The van der Waals surface area contributed by atoms with E-state index in [1.165, 1.54) is 4.90 Å². The van der Waals surface area contributed by atoms with Crippen molar-refractivity contribution in [2.24, 2.45) is 10.7 Å². The van der Waals surface area contributed by atoms with E-state index >= 15 is 0 Å². The number of guanidine groups is 1. The van der Waals surface area contributed by atoms with Crippen LogP contribution in [0.1, 0.15) is 24.8 Å².